The average Bonchev–Trinajstić information content (AvgIpc) is 3.25. The van der Waals surface area contributed by atoms with Crippen LogP contribution in [-0.2, 0) is 11.0 Å². The van der Waals surface area contributed by atoms with Crippen LogP contribution in [0, 0.1) is 5.92 Å². The number of rotatable bonds is 7. The molecule has 2 aromatic rings. The second-order valence-corrected chi connectivity index (χ2v) is 9.00. The maximum atomic E-state index is 13.1. The molecule has 1 saturated heterocycles. The molecule has 2 aromatic heterocycles. The number of likely N-dealkylation sites (tertiary alicyclic amines) is 1. The van der Waals surface area contributed by atoms with Crippen molar-refractivity contribution in [2.75, 3.05) is 13.1 Å². The first kappa shape index (κ1) is 25.7. The van der Waals surface area contributed by atoms with E-state index >= 15 is 0 Å². The van der Waals surface area contributed by atoms with Crippen LogP contribution in [0.2, 0.25) is 0 Å². The van der Waals surface area contributed by atoms with Gasteiger partial charge in [0.05, 0.1) is 23.0 Å². The van der Waals surface area contributed by atoms with E-state index in [9.17, 15) is 22.8 Å². The van der Waals surface area contributed by atoms with E-state index in [1.165, 1.54) is 16.9 Å². The maximum Gasteiger partial charge on any atom is 0.417 e. The molecule has 1 fully saturated rings. The summed E-state index contributed by atoms with van der Waals surface area (Å²) in [6.45, 7) is 9.02. The van der Waals surface area contributed by atoms with E-state index in [1.807, 2.05) is 32.6 Å². The number of nitrogens with zero attached hydrogens (tertiary/aromatic N) is 4. The van der Waals surface area contributed by atoms with E-state index in [0.717, 1.165) is 25.1 Å². The van der Waals surface area contributed by atoms with Gasteiger partial charge in [-0.3, -0.25) is 9.59 Å². The Morgan fingerprint density at radius 3 is 2.26 bits per heavy atom. The highest BCUT2D eigenvalue weighted by atomic mass is 19.4. The van der Waals surface area contributed by atoms with Crippen molar-refractivity contribution >= 4 is 11.8 Å². The number of hydrogen-bond donors (Lipinski definition) is 1. The summed E-state index contributed by atoms with van der Waals surface area (Å²) in [4.78, 5) is 31.5. The van der Waals surface area contributed by atoms with Gasteiger partial charge in [0.25, 0.3) is 5.91 Å². The van der Waals surface area contributed by atoms with E-state index in [0.29, 0.717) is 37.2 Å². The second kappa shape index (κ2) is 10.6. The van der Waals surface area contributed by atoms with Gasteiger partial charge in [0.2, 0.25) is 5.91 Å². The molecule has 0 spiro atoms. The second-order valence-electron chi connectivity index (χ2n) is 9.00. The fraction of sp³-hybridized carbons (Fsp3) is 0.583. The number of halogens is 3. The number of aromatic nitrogens is 3. The highest BCUT2D eigenvalue weighted by Gasteiger charge is 2.32. The Hall–Kier alpha value is -2.91. The van der Waals surface area contributed by atoms with Crippen LogP contribution in [0.3, 0.4) is 0 Å². The third kappa shape index (κ3) is 5.59. The van der Waals surface area contributed by atoms with Gasteiger partial charge in [-0.05, 0) is 43.7 Å². The molecule has 1 aliphatic heterocycles. The topological polar surface area (TPSA) is 80.1 Å². The molecule has 34 heavy (non-hydrogen) atoms. The Morgan fingerprint density at radius 2 is 1.76 bits per heavy atom. The molecule has 1 aliphatic rings. The number of alkyl halides is 3. The highest BCUT2D eigenvalue weighted by Crippen LogP contribution is 2.29. The normalized spacial score (nSPS) is 15.3. The molecule has 0 bridgehead atoms. The van der Waals surface area contributed by atoms with E-state index in [2.05, 4.69) is 15.4 Å². The molecular formula is C24H32F3N5O2. The van der Waals surface area contributed by atoms with Crippen LogP contribution in [0.25, 0.3) is 5.82 Å². The molecule has 7 nitrogen and oxygen atoms in total. The monoisotopic (exact) mass is 479 g/mol. The predicted molar refractivity (Wildman–Crippen MR) is 122 cm³/mol. The van der Waals surface area contributed by atoms with Gasteiger partial charge in [0, 0.05) is 31.2 Å². The largest absolute Gasteiger partial charge is 0.417 e. The molecule has 2 amide bonds. The van der Waals surface area contributed by atoms with Crippen molar-refractivity contribution in [3.63, 3.8) is 0 Å². The average molecular weight is 480 g/mol. The van der Waals surface area contributed by atoms with Gasteiger partial charge in [-0.25, -0.2) is 9.67 Å². The first-order valence-electron chi connectivity index (χ1n) is 11.8. The number of pyridine rings is 1. The summed E-state index contributed by atoms with van der Waals surface area (Å²) >= 11 is 0. The van der Waals surface area contributed by atoms with Crippen LogP contribution in [0.15, 0.2) is 24.5 Å². The van der Waals surface area contributed by atoms with Crippen LogP contribution in [-0.4, -0.2) is 50.6 Å². The SMILES string of the molecule is CCC(CC)C(=O)N1CCC(NC(=O)c2cnn(-c3ccc(C(F)(F)F)cn3)c2C(C)C)CC1. The van der Waals surface area contributed by atoms with Crippen molar-refractivity contribution in [1.29, 1.82) is 0 Å². The van der Waals surface area contributed by atoms with Crippen LogP contribution in [0.4, 0.5) is 13.2 Å². The van der Waals surface area contributed by atoms with Crippen molar-refractivity contribution in [3.8, 4) is 5.82 Å². The van der Waals surface area contributed by atoms with Crippen molar-refractivity contribution in [1.82, 2.24) is 25.0 Å². The number of carbonyl (C=O) groups is 2. The summed E-state index contributed by atoms with van der Waals surface area (Å²) < 4.78 is 40.0. The molecule has 0 radical (unpaired) electrons. The van der Waals surface area contributed by atoms with Gasteiger partial charge in [0.15, 0.2) is 5.82 Å². The zero-order chi connectivity index (χ0) is 25.0. The summed E-state index contributed by atoms with van der Waals surface area (Å²) in [7, 11) is 0. The van der Waals surface area contributed by atoms with Gasteiger partial charge < -0.3 is 10.2 Å². The minimum absolute atomic E-state index is 0.0457. The Morgan fingerprint density at radius 1 is 1.12 bits per heavy atom. The van der Waals surface area contributed by atoms with Crippen molar-refractivity contribution in [2.24, 2.45) is 5.92 Å². The van der Waals surface area contributed by atoms with Crippen molar-refractivity contribution < 1.29 is 22.8 Å². The zero-order valence-electron chi connectivity index (χ0n) is 20.0. The van der Waals surface area contributed by atoms with Crippen LogP contribution in [0.1, 0.15) is 80.9 Å². The molecule has 0 aliphatic carbocycles. The summed E-state index contributed by atoms with van der Waals surface area (Å²) in [5, 5.41) is 7.29. The van der Waals surface area contributed by atoms with Gasteiger partial charge in [-0.2, -0.15) is 18.3 Å². The Labute approximate surface area is 197 Å². The summed E-state index contributed by atoms with van der Waals surface area (Å²) in [5.41, 5.74) is 0.0971. The van der Waals surface area contributed by atoms with E-state index in [1.54, 1.807) is 0 Å². The molecular weight excluding hydrogens is 447 g/mol. The summed E-state index contributed by atoms with van der Waals surface area (Å²) in [5.74, 6) is 0.0361. The zero-order valence-corrected chi connectivity index (χ0v) is 20.0. The lowest BCUT2D eigenvalue weighted by molar-refractivity contribution is -0.138. The Kier molecular flexibility index (Phi) is 7.99. The van der Waals surface area contributed by atoms with Crippen LogP contribution < -0.4 is 5.32 Å². The lowest BCUT2D eigenvalue weighted by Gasteiger charge is -2.34. The highest BCUT2D eigenvalue weighted by molar-refractivity contribution is 5.95. The minimum atomic E-state index is -4.48. The molecule has 3 rings (SSSR count). The number of carbonyl (C=O) groups excluding carboxylic acids is 2. The molecule has 0 aromatic carbocycles. The van der Waals surface area contributed by atoms with Crippen molar-refractivity contribution in [3.05, 3.63) is 41.3 Å². The number of amides is 2. The van der Waals surface area contributed by atoms with Gasteiger partial charge in [-0.1, -0.05) is 27.7 Å². The lowest BCUT2D eigenvalue weighted by atomic mass is 9.98. The standard InChI is InChI=1S/C24H32F3N5O2/c1-5-16(6-2)23(34)31-11-9-18(10-12-31)30-22(33)19-14-29-32(21(19)15(3)4)20-8-7-17(13-28-20)24(25,26)27/h7-8,13-16,18H,5-6,9-12H2,1-4H3,(H,30,33). The minimum Gasteiger partial charge on any atom is -0.349 e. The summed E-state index contributed by atoms with van der Waals surface area (Å²) in [6, 6.07) is 2.13. The number of piperidine rings is 1. The maximum absolute atomic E-state index is 13.1. The number of hydrogen-bond acceptors (Lipinski definition) is 4. The van der Waals surface area contributed by atoms with E-state index < -0.39 is 11.7 Å². The molecule has 0 atom stereocenters. The molecule has 0 unspecified atom stereocenters. The Bertz CT molecular complexity index is 989. The van der Waals surface area contributed by atoms with Gasteiger partial charge in [0.1, 0.15) is 0 Å². The first-order chi connectivity index (χ1) is 16.1. The molecule has 1 N–H and O–H groups in total. The predicted octanol–water partition coefficient (Wildman–Crippen LogP) is 4.57. The first-order valence-corrected chi connectivity index (χ1v) is 11.8. The van der Waals surface area contributed by atoms with Crippen LogP contribution in [0.5, 0.6) is 0 Å². The van der Waals surface area contributed by atoms with Gasteiger partial charge in [-0.15, -0.1) is 0 Å². The third-order valence-electron chi connectivity index (χ3n) is 6.37. The third-order valence-corrected chi connectivity index (χ3v) is 6.37. The van der Waals surface area contributed by atoms with E-state index in [4.69, 9.17) is 0 Å². The van der Waals surface area contributed by atoms with Crippen LogP contribution >= 0.6 is 0 Å². The molecule has 0 saturated carbocycles. The molecule has 3 heterocycles. The van der Waals surface area contributed by atoms with Gasteiger partial charge >= 0.3 is 6.18 Å². The Balaban J connectivity index is 1.70. The molecule has 186 valence electrons. The van der Waals surface area contributed by atoms with Crippen molar-refractivity contribution in [2.45, 2.75) is 71.5 Å². The fourth-order valence-electron chi connectivity index (χ4n) is 4.35. The fourth-order valence-corrected chi connectivity index (χ4v) is 4.35. The van der Waals surface area contributed by atoms with E-state index in [-0.39, 0.29) is 35.5 Å². The smallest absolute Gasteiger partial charge is 0.349 e. The quantitative estimate of drug-likeness (QED) is 0.631. The molecule has 10 heteroatoms. The number of nitrogens with one attached hydrogen (secondary N) is 1. The summed E-state index contributed by atoms with van der Waals surface area (Å²) in [6.07, 6.45) is 0.694. The lowest BCUT2D eigenvalue weighted by Crippen LogP contribution is -2.48.